The predicted octanol–water partition coefficient (Wildman–Crippen LogP) is 1.72. The maximum absolute atomic E-state index is 11.4. The van der Waals surface area contributed by atoms with E-state index in [4.69, 9.17) is 34.8 Å². The molecule has 1 unspecified atom stereocenters. The van der Waals surface area contributed by atoms with Crippen LogP contribution < -0.4 is 11.6 Å². The first kappa shape index (κ1) is 13.3. The molecule has 0 aliphatic heterocycles. The van der Waals surface area contributed by atoms with Crippen LogP contribution in [0.3, 0.4) is 0 Å². The average molecular weight is 262 g/mol. The number of rotatable bonds is 3. The second-order valence-corrected chi connectivity index (χ2v) is 4.32. The Labute approximate surface area is 104 Å². The molecule has 0 spiro atoms. The number of amides is 1. The van der Waals surface area contributed by atoms with Gasteiger partial charge in [-0.15, -0.1) is 0 Å². The van der Waals surface area contributed by atoms with Crippen LogP contribution >= 0.6 is 23.2 Å². The van der Waals surface area contributed by atoms with E-state index >= 15 is 0 Å². The summed E-state index contributed by atoms with van der Waals surface area (Å²) < 4.78 is 0. The topological polar surface area (TPSA) is 72.3 Å². The van der Waals surface area contributed by atoms with Crippen molar-refractivity contribution in [2.75, 3.05) is 7.05 Å². The molecule has 4 nitrogen and oxygen atoms in total. The van der Waals surface area contributed by atoms with Gasteiger partial charge in [-0.2, -0.15) is 0 Å². The highest BCUT2D eigenvalue weighted by Crippen LogP contribution is 2.26. The summed E-state index contributed by atoms with van der Waals surface area (Å²) in [5.41, 5.74) is 6.54. The summed E-state index contributed by atoms with van der Waals surface area (Å²) in [4.78, 5) is 11.4. The summed E-state index contributed by atoms with van der Waals surface area (Å²) in [6.45, 7) is 0. The number of halogens is 2. The molecule has 0 fully saturated rings. The number of carbonyl (C=O) groups excluding carboxylic acids is 1. The normalized spacial score (nSPS) is 12.3. The second-order valence-electron chi connectivity index (χ2n) is 3.48. The van der Waals surface area contributed by atoms with Crippen molar-refractivity contribution in [3.05, 3.63) is 33.8 Å². The molecule has 0 radical (unpaired) electrons. The third-order valence-electron chi connectivity index (χ3n) is 2.15. The van der Waals surface area contributed by atoms with E-state index in [0.717, 1.165) is 5.01 Å². The lowest BCUT2D eigenvalue weighted by atomic mass is 10.0. The van der Waals surface area contributed by atoms with Crippen LogP contribution in [0.4, 0.5) is 0 Å². The van der Waals surface area contributed by atoms with Crippen LogP contribution in [0.25, 0.3) is 0 Å². The molecule has 16 heavy (non-hydrogen) atoms. The van der Waals surface area contributed by atoms with Gasteiger partial charge < -0.3 is 5.73 Å². The fourth-order valence-corrected chi connectivity index (χ4v) is 1.79. The zero-order valence-corrected chi connectivity index (χ0v) is 10.3. The van der Waals surface area contributed by atoms with Gasteiger partial charge in [0.25, 0.3) is 0 Å². The van der Waals surface area contributed by atoms with Crippen LogP contribution in [0.5, 0.6) is 0 Å². The van der Waals surface area contributed by atoms with Crippen molar-refractivity contribution in [1.29, 1.82) is 0 Å². The molecule has 1 aromatic rings. The van der Waals surface area contributed by atoms with E-state index in [1.165, 1.54) is 7.05 Å². The van der Waals surface area contributed by atoms with Gasteiger partial charge in [-0.25, -0.2) is 5.84 Å². The van der Waals surface area contributed by atoms with E-state index < -0.39 is 6.04 Å². The number of hydrogen-bond acceptors (Lipinski definition) is 3. The van der Waals surface area contributed by atoms with E-state index in [2.05, 4.69) is 0 Å². The smallest absolute Gasteiger partial charge is 0.238 e. The Morgan fingerprint density at radius 1 is 1.50 bits per heavy atom. The third-order valence-corrected chi connectivity index (χ3v) is 2.71. The summed E-state index contributed by atoms with van der Waals surface area (Å²) in [5, 5.41) is 1.99. The monoisotopic (exact) mass is 261 g/mol. The van der Waals surface area contributed by atoms with Crippen molar-refractivity contribution < 1.29 is 4.79 Å². The van der Waals surface area contributed by atoms with Gasteiger partial charge in [-0.1, -0.05) is 29.3 Å². The molecule has 0 bridgehead atoms. The third kappa shape index (κ3) is 3.35. The van der Waals surface area contributed by atoms with Gasteiger partial charge in [0.1, 0.15) is 0 Å². The highest BCUT2D eigenvalue weighted by Gasteiger charge is 2.16. The minimum Gasteiger partial charge on any atom is -0.323 e. The number of benzene rings is 1. The molecule has 1 amide bonds. The van der Waals surface area contributed by atoms with Gasteiger partial charge in [-0.3, -0.25) is 9.80 Å². The molecule has 1 rings (SSSR count). The van der Waals surface area contributed by atoms with Gasteiger partial charge in [0.15, 0.2) is 0 Å². The summed E-state index contributed by atoms with van der Waals surface area (Å²) in [6.07, 6.45) is 0.106. The number of nitrogens with two attached hydrogens (primary N) is 2. The zero-order chi connectivity index (χ0) is 12.3. The number of hydrazine groups is 1. The van der Waals surface area contributed by atoms with Gasteiger partial charge in [0, 0.05) is 29.6 Å². The van der Waals surface area contributed by atoms with Crippen LogP contribution in [0.2, 0.25) is 10.0 Å². The van der Waals surface area contributed by atoms with Crippen molar-refractivity contribution in [3.63, 3.8) is 0 Å². The minimum atomic E-state index is -0.483. The molecule has 4 N–H and O–H groups in total. The lowest BCUT2D eigenvalue weighted by Crippen LogP contribution is -2.35. The van der Waals surface area contributed by atoms with Gasteiger partial charge in [0.2, 0.25) is 5.91 Å². The molecule has 0 saturated heterocycles. The summed E-state index contributed by atoms with van der Waals surface area (Å²) in [7, 11) is 1.47. The van der Waals surface area contributed by atoms with Crippen molar-refractivity contribution in [1.82, 2.24) is 5.01 Å². The predicted molar refractivity (Wildman–Crippen MR) is 65.0 cm³/mol. The first-order valence-electron chi connectivity index (χ1n) is 4.63. The molecule has 88 valence electrons. The summed E-state index contributed by atoms with van der Waals surface area (Å²) >= 11 is 11.7. The average Bonchev–Trinajstić information content (AvgIpc) is 2.16. The second kappa shape index (κ2) is 5.50. The first-order valence-corrected chi connectivity index (χ1v) is 5.39. The van der Waals surface area contributed by atoms with Crippen LogP contribution in [-0.2, 0) is 4.79 Å². The fourth-order valence-electron chi connectivity index (χ4n) is 1.24. The summed E-state index contributed by atoms with van der Waals surface area (Å²) in [5.74, 6) is 5.05. The highest BCUT2D eigenvalue weighted by molar-refractivity contribution is 6.35. The first-order chi connectivity index (χ1) is 7.41. The Morgan fingerprint density at radius 2 is 2.12 bits per heavy atom. The molecule has 0 aliphatic rings. The standard InChI is InChI=1S/C10H13Cl2N3O/c1-15(14)10(16)5-9(13)7-3-2-6(11)4-8(7)12/h2-4,9H,5,13-14H2,1H3. The van der Waals surface area contributed by atoms with E-state index in [-0.39, 0.29) is 12.3 Å². The minimum absolute atomic E-state index is 0.106. The quantitative estimate of drug-likeness (QED) is 0.495. The molecule has 1 atom stereocenters. The molecule has 0 aromatic heterocycles. The van der Waals surface area contributed by atoms with E-state index in [1.54, 1.807) is 18.2 Å². The maximum atomic E-state index is 11.4. The Morgan fingerprint density at radius 3 is 2.62 bits per heavy atom. The molecule has 0 saturated carbocycles. The molecule has 1 aromatic carbocycles. The number of nitrogens with zero attached hydrogens (tertiary/aromatic N) is 1. The Kier molecular flexibility index (Phi) is 4.56. The van der Waals surface area contributed by atoms with Gasteiger partial charge >= 0.3 is 0 Å². The van der Waals surface area contributed by atoms with Gasteiger partial charge in [0.05, 0.1) is 0 Å². The molecule has 6 heteroatoms. The Hall–Kier alpha value is -0.810. The van der Waals surface area contributed by atoms with Crippen molar-refractivity contribution >= 4 is 29.1 Å². The Bertz CT molecular complexity index is 396. The fraction of sp³-hybridized carbons (Fsp3) is 0.300. The lowest BCUT2D eigenvalue weighted by Gasteiger charge is -2.16. The van der Waals surface area contributed by atoms with Crippen LogP contribution in [0, 0.1) is 0 Å². The van der Waals surface area contributed by atoms with E-state index in [9.17, 15) is 4.79 Å². The zero-order valence-electron chi connectivity index (χ0n) is 8.78. The van der Waals surface area contributed by atoms with Crippen LogP contribution in [0.15, 0.2) is 18.2 Å². The number of hydrogen-bond donors (Lipinski definition) is 2. The molecule has 0 heterocycles. The van der Waals surface area contributed by atoms with Crippen LogP contribution in [-0.4, -0.2) is 18.0 Å². The highest BCUT2D eigenvalue weighted by atomic mass is 35.5. The molecular weight excluding hydrogens is 249 g/mol. The summed E-state index contributed by atoms with van der Waals surface area (Å²) in [6, 6.07) is 4.50. The molecular formula is C10H13Cl2N3O. The van der Waals surface area contributed by atoms with Crippen molar-refractivity contribution in [2.24, 2.45) is 11.6 Å². The SMILES string of the molecule is CN(N)C(=O)CC(N)c1ccc(Cl)cc1Cl. The number of carbonyl (C=O) groups is 1. The largest absolute Gasteiger partial charge is 0.323 e. The van der Waals surface area contributed by atoms with Crippen molar-refractivity contribution in [2.45, 2.75) is 12.5 Å². The maximum Gasteiger partial charge on any atom is 0.238 e. The lowest BCUT2D eigenvalue weighted by molar-refractivity contribution is -0.130. The van der Waals surface area contributed by atoms with Gasteiger partial charge in [-0.05, 0) is 17.7 Å². The van der Waals surface area contributed by atoms with Crippen molar-refractivity contribution in [3.8, 4) is 0 Å². The Balaban J connectivity index is 2.80. The van der Waals surface area contributed by atoms with E-state index in [1.807, 2.05) is 0 Å². The van der Waals surface area contributed by atoms with E-state index in [0.29, 0.717) is 15.6 Å². The van der Waals surface area contributed by atoms with Crippen LogP contribution in [0.1, 0.15) is 18.0 Å². The molecule has 0 aliphatic carbocycles.